The zero-order valence-electron chi connectivity index (χ0n) is 12.2. The molecule has 3 N–H and O–H groups in total. The van der Waals surface area contributed by atoms with Gasteiger partial charge in [0.1, 0.15) is 0 Å². The fourth-order valence-corrected chi connectivity index (χ4v) is 2.45. The highest BCUT2D eigenvalue weighted by atomic mass is 16.1. The maximum atomic E-state index is 11.8. The molecule has 0 heterocycles. The minimum absolute atomic E-state index is 0.117. The summed E-state index contributed by atoms with van der Waals surface area (Å²) >= 11 is 0. The van der Waals surface area contributed by atoms with Crippen molar-refractivity contribution < 1.29 is 4.79 Å². The second-order valence-corrected chi connectivity index (χ2v) is 6.02. The van der Waals surface area contributed by atoms with Crippen molar-refractivity contribution in [2.24, 2.45) is 5.73 Å². The zero-order chi connectivity index (χ0) is 13.6. The normalized spacial score (nSPS) is 18.6. The molecule has 1 saturated carbocycles. The Hall–Kier alpha value is -0.610. The molecule has 4 nitrogen and oxygen atoms in total. The molecule has 4 heteroatoms. The molecule has 1 rings (SSSR count). The molecular formula is C14H29N3O. The Morgan fingerprint density at radius 3 is 2.56 bits per heavy atom. The third-order valence-electron chi connectivity index (χ3n) is 4.00. The molecule has 18 heavy (non-hydrogen) atoms. The molecule has 1 amide bonds. The van der Waals surface area contributed by atoms with E-state index in [2.05, 4.69) is 31.1 Å². The first-order valence-corrected chi connectivity index (χ1v) is 7.19. The van der Waals surface area contributed by atoms with E-state index in [0.717, 1.165) is 32.4 Å². The molecule has 1 aliphatic carbocycles. The lowest BCUT2D eigenvalue weighted by atomic mass is 9.94. The van der Waals surface area contributed by atoms with Crippen LogP contribution < -0.4 is 11.1 Å². The van der Waals surface area contributed by atoms with Gasteiger partial charge in [-0.05, 0) is 46.7 Å². The summed E-state index contributed by atoms with van der Waals surface area (Å²) in [6.07, 6.45) is 5.82. The number of carbonyl (C=O) groups excluding carboxylic acids is 1. The summed E-state index contributed by atoms with van der Waals surface area (Å²) in [6.45, 7) is 6.13. The van der Waals surface area contributed by atoms with Gasteiger partial charge in [0.15, 0.2) is 0 Å². The van der Waals surface area contributed by atoms with Crippen molar-refractivity contribution >= 4 is 5.91 Å². The Labute approximate surface area is 111 Å². The van der Waals surface area contributed by atoms with E-state index in [0.29, 0.717) is 12.5 Å². The molecule has 106 valence electrons. The quantitative estimate of drug-likeness (QED) is 0.678. The van der Waals surface area contributed by atoms with E-state index in [4.69, 9.17) is 5.73 Å². The van der Waals surface area contributed by atoms with Gasteiger partial charge in [0.25, 0.3) is 0 Å². The molecule has 0 atom stereocenters. The van der Waals surface area contributed by atoms with Crippen LogP contribution in [0.4, 0.5) is 0 Å². The summed E-state index contributed by atoms with van der Waals surface area (Å²) in [5, 5.41) is 2.98. The number of nitrogens with one attached hydrogen (secondary N) is 1. The first kappa shape index (κ1) is 15.4. The molecule has 0 aromatic carbocycles. The molecule has 0 spiro atoms. The van der Waals surface area contributed by atoms with Gasteiger partial charge in [-0.3, -0.25) is 4.79 Å². The highest BCUT2D eigenvalue weighted by Crippen LogP contribution is 2.29. The number of hydrogen-bond acceptors (Lipinski definition) is 3. The number of rotatable bonds is 7. The highest BCUT2D eigenvalue weighted by molar-refractivity contribution is 5.77. The SMILES string of the molecule is CC(C)N(C)CCCNC(=O)CC1(N)CCCC1. The number of nitrogens with zero attached hydrogens (tertiary/aromatic N) is 1. The smallest absolute Gasteiger partial charge is 0.221 e. The van der Waals surface area contributed by atoms with Crippen molar-refractivity contribution in [3.05, 3.63) is 0 Å². The Morgan fingerprint density at radius 2 is 2.00 bits per heavy atom. The standard InChI is InChI=1S/C14H29N3O/c1-12(2)17(3)10-6-9-16-13(18)11-14(15)7-4-5-8-14/h12H,4-11,15H2,1-3H3,(H,16,18). The summed E-state index contributed by atoms with van der Waals surface area (Å²) in [5.41, 5.74) is 5.96. The molecule has 0 aromatic heterocycles. The molecule has 0 unspecified atom stereocenters. The number of nitrogens with two attached hydrogens (primary N) is 1. The number of amides is 1. The molecule has 0 radical (unpaired) electrons. The molecule has 1 aliphatic rings. The first-order chi connectivity index (χ1) is 8.43. The van der Waals surface area contributed by atoms with Crippen molar-refractivity contribution in [3.63, 3.8) is 0 Å². The van der Waals surface area contributed by atoms with E-state index in [-0.39, 0.29) is 11.4 Å². The molecule has 0 saturated heterocycles. The summed E-state index contributed by atoms with van der Waals surface area (Å²) in [7, 11) is 2.11. The van der Waals surface area contributed by atoms with Crippen LogP contribution in [-0.4, -0.2) is 42.5 Å². The number of hydrogen-bond donors (Lipinski definition) is 2. The largest absolute Gasteiger partial charge is 0.356 e. The van der Waals surface area contributed by atoms with E-state index < -0.39 is 0 Å². The van der Waals surface area contributed by atoms with Crippen LogP contribution in [-0.2, 0) is 4.79 Å². The van der Waals surface area contributed by atoms with Crippen molar-refractivity contribution in [2.45, 2.75) is 64.0 Å². The van der Waals surface area contributed by atoms with Crippen LogP contribution in [0, 0.1) is 0 Å². The topological polar surface area (TPSA) is 58.4 Å². The van der Waals surface area contributed by atoms with E-state index in [1.54, 1.807) is 0 Å². The van der Waals surface area contributed by atoms with Crippen LogP contribution in [0.25, 0.3) is 0 Å². The van der Waals surface area contributed by atoms with E-state index in [9.17, 15) is 4.79 Å². The molecule has 0 aliphatic heterocycles. The predicted octanol–water partition coefficient (Wildman–Crippen LogP) is 1.49. The van der Waals surface area contributed by atoms with Gasteiger partial charge in [-0.15, -0.1) is 0 Å². The molecule has 1 fully saturated rings. The molecular weight excluding hydrogens is 226 g/mol. The summed E-state index contributed by atoms with van der Waals surface area (Å²) in [6, 6.07) is 0.562. The van der Waals surface area contributed by atoms with Gasteiger partial charge in [0.05, 0.1) is 0 Å². The van der Waals surface area contributed by atoms with Crippen molar-refractivity contribution in [1.29, 1.82) is 0 Å². The van der Waals surface area contributed by atoms with Gasteiger partial charge in [-0.25, -0.2) is 0 Å². The average Bonchev–Trinajstić information content (AvgIpc) is 2.70. The third-order valence-corrected chi connectivity index (χ3v) is 4.00. The summed E-state index contributed by atoms with van der Waals surface area (Å²) < 4.78 is 0. The van der Waals surface area contributed by atoms with E-state index >= 15 is 0 Å². The van der Waals surface area contributed by atoms with Crippen LogP contribution in [0.2, 0.25) is 0 Å². The second kappa shape index (κ2) is 7.10. The fourth-order valence-electron chi connectivity index (χ4n) is 2.45. The van der Waals surface area contributed by atoms with Crippen LogP contribution in [0.15, 0.2) is 0 Å². The Bertz CT molecular complexity index is 260. The van der Waals surface area contributed by atoms with Crippen LogP contribution in [0.5, 0.6) is 0 Å². The maximum Gasteiger partial charge on any atom is 0.221 e. The lowest BCUT2D eigenvalue weighted by Gasteiger charge is -2.23. The van der Waals surface area contributed by atoms with Gasteiger partial charge in [-0.1, -0.05) is 12.8 Å². The first-order valence-electron chi connectivity index (χ1n) is 7.19. The fraction of sp³-hybridized carbons (Fsp3) is 0.929. The molecule has 0 bridgehead atoms. The summed E-state index contributed by atoms with van der Waals surface area (Å²) in [4.78, 5) is 14.1. The minimum Gasteiger partial charge on any atom is -0.356 e. The van der Waals surface area contributed by atoms with Crippen molar-refractivity contribution in [3.8, 4) is 0 Å². The van der Waals surface area contributed by atoms with Gasteiger partial charge >= 0.3 is 0 Å². The lowest BCUT2D eigenvalue weighted by Crippen LogP contribution is -2.42. The lowest BCUT2D eigenvalue weighted by molar-refractivity contribution is -0.122. The third kappa shape index (κ3) is 5.36. The average molecular weight is 255 g/mol. The Morgan fingerprint density at radius 1 is 1.39 bits per heavy atom. The molecule has 0 aromatic rings. The van der Waals surface area contributed by atoms with Crippen LogP contribution in [0.3, 0.4) is 0 Å². The van der Waals surface area contributed by atoms with Crippen LogP contribution >= 0.6 is 0 Å². The highest BCUT2D eigenvalue weighted by Gasteiger charge is 2.31. The zero-order valence-corrected chi connectivity index (χ0v) is 12.2. The Balaban J connectivity index is 2.10. The van der Waals surface area contributed by atoms with Crippen molar-refractivity contribution in [2.75, 3.05) is 20.1 Å². The minimum atomic E-state index is -0.223. The predicted molar refractivity (Wildman–Crippen MR) is 75.4 cm³/mol. The van der Waals surface area contributed by atoms with Crippen LogP contribution in [0.1, 0.15) is 52.4 Å². The van der Waals surface area contributed by atoms with Gasteiger partial charge in [0.2, 0.25) is 5.91 Å². The Kier molecular flexibility index (Phi) is 6.09. The van der Waals surface area contributed by atoms with Gasteiger partial charge < -0.3 is 16.0 Å². The second-order valence-electron chi connectivity index (χ2n) is 6.02. The van der Waals surface area contributed by atoms with Gasteiger partial charge in [-0.2, -0.15) is 0 Å². The number of carbonyl (C=O) groups is 1. The van der Waals surface area contributed by atoms with Gasteiger partial charge in [0, 0.05) is 24.5 Å². The van der Waals surface area contributed by atoms with E-state index in [1.165, 1.54) is 12.8 Å². The van der Waals surface area contributed by atoms with E-state index in [1.807, 2.05) is 0 Å². The monoisotopic (exact) mass is 255 g/mol. The van der Waals surface area contributed by atoms with Crippen molar-refractivity contribution in [1.82, 2.24) is 10.2 Å². The maximum absolute atomic E-state index is 11.8. The summed E-state index contributed by atoms with van der Waals surface area (Å²) in [5.74, 6) is 0.117.